The molecule has 0 spiro atoms. The fourth-order valence-corrected chi connectivity index (χ4v) is 8.49. The van der Waals surface area contributed by atoms with E-state index in [1.54, 1.807) is 29.4 Å². The summed E-state index contributed by atoms with van der Waals surface area (Å²) < 4.78 is 5.46. The van der Waals surface area contributed by atoms with Crippen LogP contribution in [0.25, 0.3) is 5.57 Å². The van der Waals surface area contributed by atoms with Crippen LogP contribution >= 0.6 is 11.3 Å². The van der Waals surface area contributed by atoms with Gasteiger partial charge in [0, 0.05) is 46.4 Å². The van der Waals surface area contributed by atoms with Crippen molar-refractivity contribution in [3.8, 4) is 5.75 Å². The number of carboxylic acids is 1. The lowest BCUT2D eigenvalue weighted by atomic mass is 9.44. The zero-order chi connectivity index (χ0) is 24.4. The minimum absolute atomic E-state index is 0.103. The molecule has 4 aliphatic rings. The number of likely N-dealkylation sites (tertiary alicyclic amines) is 1. The third-order valence-electron chi connectivity index (χ3n) is 8.66. The Bertz CT molecular complexity index is 1350. The molecule has 6 heteroatoms. The Balaban J connectivity index is 1.47. The van der Waals surface area contributed by atoms with E-state index >= 15 is 0 Å². The monoisotopic (exact) mass is 485 g/mol. The van der Waals surface area contributed by atoms with Crippen molar-refractivity contribution < 1.29 is 19.4 Å². The molecule has 3 aliphatic carbocycles. The highest BCUT2D eigenvalue weighted by Gasteiger charge is 2.71. The van der Waals surface area contributed by atoms with Crippen LogP contribution in [0, 0.1) is 11.3 Å². The Labute approximate surface area is 208 Å². The molecule has 1 amide bonds. The predicted molar refractivity (Wildman–Crippen MR) is 136 cm³/mol. The first kappa shape index (κ1) is 22.1. The van der Waals surface area contributed by atoms with E-state index in [1.807, 2.05) is 36.4 Å². The van der Waals surface area contributed by atoms with E-state index in [1.165, 1.54) is 4.88 Å². The summed E-state index contributed by atoms with van der Waals surface area (Å²) in [7, 11) is 1.57. The number of rotatable bonds is 5. The summed E-state index contributed by atoms with van der Waals surface area (Å²) in [5, 5.41) is 12.9. The maximum Gasteiger partial charge on any atom is 0.312 e. The van der Waals surface area contributed by atoms with Gasteiger partial charge in [0.05, 0.1) is 12.5 Å². The number of carbonyl (C=O) groups excluding carboxylic acids is 1. The number of ether oxygens (including phenoxy) is 1. The second-order valence-corrected chi connectivity index (χ2v) is 10.8. The van der Waals surface area contributed by atoms with Gasteiger partial charge in [0.2, 0.25) is 0 Å². The molecule has 1 unspecified atom stereocenters. The second kappa shape index (κ2) is 7.82. The minimum Gasteiger partial charge on any atom is -0.496 e. The van der Waals surface area contributed by atoms with Crippen LogP contribution in [0.15, 0.2) is 72.6 Å². The maximum absolute atomic E-state index is 13.8. The predicted octanol–water partition coefficient (Wildman–Crippen LogP) is 5.18. The van der Waals surface area contributed by atoms with Gasteiger partial charge in [0.15, 0.2) is 0 Å². The number of thiophene rings is 1. The fraction of sp³-hybridized carbons (Fsp3) is 0.310. The Morgan fingerprint density at radius 2 is 1.86 bits per heavy atom. The number of aliphatic carboxylic acids is 1. The summed E-state index contributed by atoms with van der Waals surface area (Å²) in [5.41, 5.74) is 1.82. The first-order valence-electron chi connectivity index (χ1n) is 11.9. The van der Waals surface area contributed by atoms with Crippen LogP contribution in [0.5, 0.6) is 5.75 Å². The van der Waals surface area contributed by atoms with Crippen LogP contribution in [0.4, 0.5) is 0 Å². The van der Waals surface area contributed by atoms with Crippen LogP contribution in [0.3, 0.4) is 0 Å². The second-order valence-electron chi connectivity index (χ2n) is 9.90. The third kappa shape index (κ3) is 2.80. The van der Waals surface area contributed by atoms with Gasteiger partial charge in [0.25, 0.3) is 5.91 Å². The quantitative estimate of drug-likeness (QED) is 0.506. The summed E-state index contributed by atoms with van der Waals surface area (Å²) in [5.74, 6) is -0.764. The highest BCUT2D eigenvalue weighted by molar-refractivity contribution is 7.10. The molecule has 1 saturated heterocycles. The van der Waals surface area contributed by atoms with E-state index in [2.05, 4.69) is 30.2 Å². The normalized spacial score (nSPS) is 28.3. The molecule has 4 atom stereocenters. The van der Waals surface area contributed by atoms with Gasteiger partial charge in [-0.25, -0.2) is 0 Å². The molecule has 1 aromatic heterocycles. The molecule has 0 radical (unpaired) electrons. The number of carbonyl (C=O) groups is 2. The summed E-state index contributed by atoms with van der Waals surface area (Å²) in [6.45, 7) is 4.69. The summed E-state index contributed by atoms with van der Waals surface area (Å²) >= 11 is 1.73. The zero-order valence-corrected chi connectivity index (χ0v) is 20.4. The van der Waals surface area contributed by atoms with E-state index in [-0.39, 0.29) is 24.3 Å². The van der Waals surface area contributed by atoms with Crippen LogP contribution in [0.1, 0.15) is 40.3 Å². The lowest BCUT2D eigenvalue weighted by molar-refractivity contribution is -0.157. The molecule has 178 valence electrons. The standard InChI is InChI=1S/C29H27NO4S/c1-18(20-10-6-7-11-23(20)34-2)26(31)30-16-24-28(19-8-4-3-5-9-19)14-12-22(21-13-15-35-25(21)28)29(24,17-30)27(32)33/h3-11,13,15,22,24H,1,12,14,16-17H2,2H3,(H,32,33)/t22-,24?,28+,29+/m1/s1. The SMILES string of the molecule is C=C(C(=O)N1CC2[C@@]3(c4ccccc4)CC[C@H](c4ccsc43)[C@@]2(C(=O)O)C1)c1ccccc1OC. The molecule has 35 heavy (non-hydrogen) atoms. The van der Waals surface area contributed by atoms with Crippen molar-refractivity contribution in [3.05, 3.63) is 94.2 Å². The van der Waals surface area contributed by atoms with Crippen molar-refractivity contribution in [1.82, 2.24) is 4.90 Å². The maximum atomic E-state index is 13.8. The summed E-state index contributed by atoms with van der Waals surface area (Å²) in [6, 6.07) is 19.7. The number of para-hydroxylation sites is 1. The van der Waals surface area contributed by atoms with Gasteiger partial charge in [0.1, 0.15) is 5.75 Å². The number of carboxylic acid groups (broad SMARTS) is 1. The molecular weight excluding hydrogens is 458 g/mol. The first-order chi connectivity index (χ1) is 16.9. The van der Waals surface area contributed by atoms with Gasteiger partial charge in [-0.15, -0.1) is 11.3 Å². The number of amides is 1. The molecule has 1 N–H and O–H groups in total. The summed E-state index contributed by atoms with van der Waals surface area (Å²) in [4.78, 5) is 30.0. The number of fused-ring (bicyclic) bond motifs is 1. The van der Waals surface area contributed by atoms with Crippen molar-refractivity contribution in [2.75, 3.05) is 20.2 Å². The molecule has 1 saturated carbocycles. The van der Waals surface area contributed by atoms with Crippen LogP contribution in [-0.4, -0.2) is 42.1 Å². The molecule has 7 rings (SSSR count). The third-order valence-corrected chi connectivity index (χ3v) is 9.77. The van der Waals surface area contributed by atoms with E-state index < -0.39 is 16.8 Å². The van der Waals surface area contributed by atoms with Crippen LogP contribution in [0.2, 0.25) is 0 Å². The van der Waals surface area contributed by atoms with E-state index in [4.69, 9.17) is 4.74 Å². The molecule has 2 fully saturated rings. The summed E-state index contributed by atoms with van der Waals surface area (Å²) in [6.07, 6.45) is 1.70. The van der Waals surface area contributed by atoms with Crippen molar-refractivity contribution in [3.63, 3.8) is 0 Å². The lowest BCUT2D eigenvalue weighted by Gasteiger charge is -2.58. The van der Waals surface area contributed by atoms with Gasteiger partial charge in [-0.2, -0.15) is 0 Å². The molecule has 1 aliphatic heterocycles. The van der Waals surface area contributed by atoms with Crippen molar-refractivity contribution in [1.29, 1.82) is 0 Å². The Hall–Kier alpha value is -3.38. The number of hydrogen-bond donors (Lipinski definition) is 1. The van der Waals surface area contributed by atoms with Gasteiger partial charge in [-0.1, -0.05) is 55.1 Å². The number of benzene rings is 2. The molecule has 2 heterocycles. The topological polar surface area (TPSA) is 66.8 Å². The number of methoxy groups -OCH3 is 1. The van der Waals surface area contributed by atoms with E-state index in [0.717, 1.165) is 24.0 Å². The van der Waals surface area contributed by atoms with Crippen LogP contribution < -0.4 is 4.74 Å². The average Bonchev–Trinajstić information content (AvgIpc) is 3.56. The Morgan fingerprint density at radius 3 is 2.60 bits per heavy atom. The smallest absolute Gasteiger partial charge is 0.312 e. The lowest BCUT2D eigenvalue weighted by Crippen LogP contribution is -2.59. The zero-order valence-electron chi connectivity index (χ0n) is 19.6. The molecule has 3 aromatic rings. The fourth-order valence-electron chi connectivity index (χ4n) is 7.22. The van der Waals surface area contributed by atoms with Gasteiger partial charge < -0.3 is 14.7 Å². The molecule has 2 aromatic carbocycles. The van der Waals surface area contributed by atoms with Gasteiger partial charge >= 0.3 is 5.97 Å². The Kier molecular flexibility index (Phi) is 4.94. The highest BCUT2D eigenvalue weighted by atomic mass is 32.1. The number of nitrogens with zero attached hydrogens (tertiary/aromatic N) is 1. The average molecular weight is 486 g/mol. The molecule has 5 nitrogen and oxygen atoms in total. The van der Waals surface area contributed by atoms with Crippen molar-refractivity contribution >= 4 is 28.8 Å². The van der Waals surface area contributed by atoms with E-state index in [0.29, 0.717) is 23.4 Å². The number of hydrogen-bond acceptors (Lipinski definition) is 4. The largest absolute Gasteiger partial charge is 0.496 e. The molecule has 2 bridgehead atoms. The van der Waals surface area contributed by atoms with Crippen molar-refractivity contribution in [2.45, 2.75) is 24.2 Å². The van der Waals surface area contributed by atoms with Crippen molar-refractivity contribution in [2.24, 2.45) is 11.3 Å². The van der Waals surface area contributed by atoms with Gasteiger partial charge in [-0.05, 0) is 41.5 Å². The minimum atomic E-state index is -1.03. The van der Waals surface area contributed by atoms with Gasteiger partial charge in [-0.3, -0.25) is 9.59 Å². The van der Waals surface area contributed by atoms with Crippen LogP contribution in [-0.2, 0) is 15.0 Å². The van der Waals surface area contributed by atoms with E-state index in [9.17, 15) is 14.7 Å². The Morgan fingerprint density at radius 1 is 1.11 bits per heavy atom. The first-order valence-corrected chi connectivity index (χ1v) is 12.8. The molecular formula is C29H27NO4S. The highest BCUT2D eigenvalue weighted by Crippen LogP contribution is 2.70.